The highest BCUT2D eigenvalue weighted by Gasteiger charge is 2.30. The van der Waals surface area contributed by atoms with E-state index in [4.69, 9.17) is 33.7 Å². The largest absolute Gasteiger partial charge is 0.482 e. The summed E-state index contributed by atoms with van der Waals surface area (Å²) in [7, 11) is 0. The van der Waals surface area contributed by atoms with Gasteiger partial charge >= 0.3 is 5.69 Å². The highest BCUT2D eigenvalue weighted by atomic mass is 35.5. The first-order valence-electron chi connectivity index (χ1n) is 8.83. The lowest BCUT2D eigenvalue weighted by Gasteiger charge is -2.13. The standard InChI is InChI=1S/C19H16Cl2N4O4/c1-8-2-5-10-11(20)6-12(21)16(15(10)23-8)29-7-13(26)14-17(22)25(9-3-4-9)19(28)24-18(14)27/h2,5-6,9H,3-4,7,22H2,1H3,(H,24,27,28). The third-order valence-corrected chi connectivity index (χ3v) is 5.29. The van der Waals surface area contributed by atoms with Gasteiger partial charge in [-0.15, -0.1) is 0 Å². The van der Waals surface area contributed by atoms with Gasteiger partial charge in [0.15, 0.2) is 12.4 Å². The first kappa shape index (κ1) is 19.5. The molecule has 4 rings (SSSR count). The summed E-state index contributed by atoms with van der Waals surface area (Å²) in [6.07, 6.45) is 1.52. The van der Waals surface area contributed by atoms with Gasteiger partial charge in [0.05, 0.1) is 10.0 Å². The highest BCUT2D eigenvalue weighted by Crippen LogP contribution is 2.38. The number of nitrogens with two attached hydrogens (primary N) is 1. The molecule has 2 aromatic heterocycles. The van der Waals surface area contributed by atoms with Crippen LogP contribution in [0.5, 0.6) is 5.75 Å². The summed E-state index contributed by atoms with van der Waals surface area (Å²) in [6.45, 7) is 1.28. The summed E-state index contributed by atoms with van der Waals surface area (Å²) in [5, 5.41) is 1.19. The van der Waals surface area contributed by atoms with Crippen LogP contribution < -0.4 is 21.7 Å². The van der Waals surface area contributed by atoms with Crippen LogP contribution in [0.4, 0.5) is 5.82 Å². The minimum Gasteiger partial charge on any atom is -0.482 e. The van der Waals surface area contributed by atoms with Crippen LogP contribution in [0, 0.1) is 6.92 Å². The number of carbonyl (C=O) groups excluding carboxylic acids is 1. The number of aromatic amines is 1. The number of nitrogens with one attached hydrogen (secondary N) is 1. The van der Waals surface area contributed by atoms with Gasteiger partial charge in [0, 0.05) is 17.1 Å². The molecule has 0 saturated heterocycles. The van der Waals surface area contributed by atoms with E-state index in [2.05, 4.69) is 9.97 Å². The molecule has 10 heteroatoms. The second kappa shape index (κ2) is 7.20. The Kier molecular flexibility index (Phi) is 4.84. The molecule has 0 unspecified atom stereocenters. The van der Waals surface area contributed by atoms with Crippen molar-refractivity contribution in [2.24, 2.45) is 0 Å². The number of aryl methyl sites for hydroxylation is 1. The number of fused-ring (bicyclic) bond motifs is 1. The average Bonchev–Trinajstić information content (AvgIpc) is 3.45. The Hall–Kier alpha value is -2.84. The fraction of sp³-hybridized carbons (Fsp3) is 0.263. The number of rotatable bonds is 5. The van der Waals surface area contributed by atoms with Crippen molar-refractivity contribution in [3.63, 3.8) is 0 Å². The van der Waals surface area contributed by atoms with Gasteiger partial charge in [0.2, 0.25) is 5.78 Å². The molecule has 1 saturated carbocycles. The zero-order chi connectivity index (χ0) is 20.9. The smallest absolute Gasteiger partial charge is 0.330 e. The van der Waals surface area contributed by atoms with Gasteiger partial charge in [-0.3, -0.25) is 19.1 Å². The SMILES string of the molecule is Cc1ccc2c(Cl)cc(Cl)c(OCC(=O)c3c(N)n(C4CC4)c(=O)[nH]c3=O)c2n1. The number of ether oxygens (including phenoxy) is 1. The summed E-state index contributed by atoms with van der Waals surface area (Å²) >= 11 is 12.5. The number of nitrogen functional groups attached to an aromatic ring is 1. The van der Waals surface area contributed by atoms with Gasteiger partial charge in [-0.25, -0.2) is 9.78 Å². The van der Waals surface area contributed by atoms with Gasteiger partial charge in [0.25, 0.3) is 5.56 Å². The van der Waals surface area contributed by atoms with Crippen LogP contribution in [-0.2, 0) is 0 Å². The van der Waals surface area contributed by atoms with E-state index in [0.29, 0.717) is 21.6 Å². The second-order valence-corrected chi connectivity index (χ2v) is 7.67. The summed E-state index contributed by atoms with van der Waals surface area (Å²) in [4.78, 5) is 43.5. The molecule has 29 heavy (non-hydrogen) atoms. The first-order valence-corrected chi connectivity index (χ1v) is 9.59. The van der Waals surface area contributed by atoms with E-state index in [1.165, 1.54) is 10.6 Å². The number of H-pyrrole nitrogens is 1. The summed E-state index contributed by atoms with van der Waals surface area (Å²) in [5.74, 6) is -0.658. The van der Waals surface area contributed by atoms with Crippen LogP contribution in [0.15, 0.2) is 27.8 Å². The van der Waals surface area contributed by atoms with Crippen molar-refractivity contribution in [2.75, 3.05) is 12.3 Å². The number of halogens is 2. The van der Waals surface area contributed by atoms with Gasteiger partial charge in [0.1, 0.15) is 16.9 Å². The van der Waals surface area contributed by atoms with Gasteiger partial charge in [-0.05, 0) is 38.0 Å². The Morgan fingerprint density at radius 3 is 2.72 bits per heavy atom. The number of hydrogen-bond acceptors (Lipinski definition) is 6. The zero-order valence-corrected chi connectivity index (χ0v) is 16.8. The van der Waals surface area contributed by atoms with Crippen molar-refractivity contribution in [3.05, 3.63) is 60.3 Å². The maximum absolute atomic E-state index is 12.7. The van der Waals surface area contributed by atoms with Crippen LogP contribution in [0.25, 0.3) is 10.9 Å². The predicted octanol–water partition coefficient (Wildman–Crippen LogP) is 2.88. The molecule has 1 fully saturated rings. The van der Waals surface area contributed by atoms with Gasteiger partial charge in [-0.2, -0.15) is 0 Å². The van der Waals surface area contributed by atoms with Crippen LogP contribution >= 0.6 is 23.2 Å². The van der Waals surface area contributed by atoms with Crippen LogP contribution in [0.3, 0.4) is 0 Å². The maximum Gasteiger partial charge on any atom is 0.330 e. The van der Waals surface area contributed by atoms with E-state index in [0.717, 1.165) is 12.8 Å². The molecule has 3 aromatic rings. The van der Waals surface area contributed by atoms with Crippen molar-refractivity contribution in [3.8, 4) is 5.75 Å². The fourth-order valence-electron chi connectivity index (χ4n) is 3.17. The summed E-state index contributed by atoms with van der Waals surface area (Å²) in [6, 6.07) is 4.96. The van der Waals surface area contributed by atoms with E-state index < -0.39 is 23.6 Å². The lowest BCUT2D eigenvalue weighted by molar-refractivity contribution is 0.0921. The molecule has 0 spiro atoms. The second-order valence-electron chi connectivity index (χ2n) is 6.85. The van der Waals surface area contributed by atoms with Crippen molar-refractivity contribution >= 4 is 45.7 Å². The third kappa shape index (κ3) is 3.49. The van der Waals surface area contributed by atoms with E-state index in [-0.39, 0.29) is 28.2 Å². The Morgan fingerprint density at radius 1 is 1.31 bits per heavy atom. The van der Waals surface area contributed by atoms with Crippen molar-refractivity contribution in [2.45, 2.75) is 25.8 Å². The quantitative estimate of drug-likeness (QED) is 0.595. The molecule has 2 heterocycles. The van der Waals surface area contributed by atoms with E-state index in [1.807, 2.05) is 0 Å². The Bertz CT molecular complexity index is 1280. The number of hydrogen-bond donors (Lipinski definition) is 2. The van der Waals surface area contributed by atoms with Gasteiger partial charge in [-0.1, -0.05) is 23.2 Å². The molecule has 0 amide bonds. The normalized spacial score (nSPS) is 13.6. The molecular weight excluding hydrogens is 419 g/mol. The molecule has 1 aliphatic rings. The minimum atomic E-state index is -0.848. The van der Waals surface area contributed by atoms with Crippen LogP contribution in [0.2, 0.25) is 10.0 Å². The Labute approximate surface area is 174 Å². The number of aromatic nitrogens is 3. The predicted molar refractivity (Wildman–Crippen MR) is 110 cm³/mol. The van der Waals surface area contributed by atoms with Crippen molar-refractivity contribution in [1.29, 1.82) is 0 Å². The van der Waals surface area contributed by atoms with Crippen LogP contribution in [0.1, 0.15) is 34.9 Å². The molecule has 1 aliphatic carbocycles. The number of carbonyl (C=O) groups is 1. The number of nitrogens with zero attached hydrogens (tertiary/aromatic N) is 2. The lowest BCUT2D eigenvalue weighted by Crippen LogP contribution is -2.37. The molecule has 0 atom stereocenters. The van der Waals surface area contributed by atoms with E-state index >= 15 is 0 Å². The number of Topliss-reactive ketones (excluding diaryl/α,β-unsaturated/α-hetero) is 1. The molecule has 1 aromatic carbocycles. The molecule has 150 valence electrons. The first-order chi connectivity index (χ1) is 13.8. The minimum absolute atomic E-state index is 0.103. The lowest BCUT2D eigenvalue weighted by atomic mass is 10.1. The summed E-state index contributed by atoms with van der Waals surface area (Å²) < 4.78 is 6.87. The zero-order valence-electron chi connectivity index (χ0n) is 15.3. The fourth-order valence-corrected chi connectivity index (χ4v) is 3.74. The number of anilines is 1. The third-order valence-electron chi connectivity index (χ3n) is 4.70. The number of ketones is 1. The maximum atomic E-state index is 12.7. The molecule has 8 nitrogen and oxygen atoms in total. The molecule has 3 N–H and O–H groups in total. The Balaban J connectivity index is 1.70. The molecule has 0 radical (unpaired) electrons. The highest BCUT2D eigenvalue weighted by molar-refractivity contribution is 6.39. The average molecular weight is 435 g/mol. The van der Waals surface area contributed by atoms with Gasteiger partial charge < -0.3 is 10.5 Å². The van der Waals surface area contributed by atoms with E-state index in [1.54, 1.807) is 19.1 Å². The summed E-state index contributed by atoms with van der Waals surface area (Å²) in [5.41, 5.74) is 5.30. The topological polar surface area (TPSA) is 120 Å². The monoisotopic (exact) mass is 434 g/mol. The molecule has 0 bridgehead atoms. The molecular formula is C19H16Cl2N4O4. The van der Waals surface area contributed by atoms with Crippen molar-refractivity contribution in [1.82, 2.24) is 14.5 Å². The number of benzene rings is 1. The number of pyridine rings is 1. The van der Waals surface area contributed by atoms with Crippen molar-refractivity contribution < 1.29 is 9.53 Å². The van der Waals surface area contributed by atoms with E-state index in [9.17, 15) is 14.4 Å². The Morgan fingerprint density at radius 2 is 2.03 bits per heavy atom. The molecule has 0 aliphatic heterocycles. The van der Waals surface area contributed by atoms with Crippen LogP contribution in [-0.4, -0.2) is 26.9 Å².